The van der Waals surface area contributed by atoms with Crippen LogP contribution in [0, 0.1) is 6.92 Å². The summed E-state index contributed by atoms with van der Waals surface area (Å²) < 4.78 is 0. The molecule has 0 heterocycles. The van der Waals surface area contributed by atoms with Crippen LogP contribution in [-0.4, -0.2) is 31.4 Å². The van der Waals surface area contributed by atoms with E-state index < -0.39 is 0 Å². The lowest BCUT2D eigenvalue weighted by Crippen LogP contribution is -2.31. The summed E-state index contributed by atoms with van der Waals surface area (Å²) in [6.45, 7) is 2.97. The Balaban J connectivity index is 1.74. The Bertz CT molecular complexity index is 932. The number of carbonyl (C=O) groups is 1. The van der Waals surface area contributed by atoms with Crippen molar-refractivity contribution in [3.05, 3.63) is 94.5 Å². The summed E-state index contributed by atoms with van der Waals surface area (Å²) in [4.78, 5) is 15.0. The van der Waals surface area contributed by atoms with E-state index in [2.05, 4.69) is 41.4 Å². The maximum atomic E-state index is 12.9. The first-order valence-electron chi connectivity index (χ1n) is 9.80. The lowest BCUT2D eigenvalue weighted by molar-refractivity contribution is 0.0932. The Labute approximate surface area is 178 Å². The van der Waals surface area contributed by atoms with Crippen LogP contribution in [0.3, 0.4) is 0 Å². The molecular formula is C25H27ClN2O. The van der Waals surface area contributed by atoms with Crippen LogP contribution in [0.25, 0.3) is 11.1 Å². The Kier molecular flexibility index (Phi) is 7.08. The predicted molar refractivity (Wildman–Crippen MR) is 121 cm³/mol. The second kappa shape index (κ2) is 9.73. The first kappa shape index (κ1) is 21.1. The number of hydrogen-bond donors (Lipinski definition) is 1. The van der Waals surface area contributed by atoms with Gasteiger partial charge in [-0.1, -0.05) is 65.7 Å². The predicted octanol–water partition coefficient (Wildman–Crippen LogP) is 5.74. The van der Waals surface area contributed by atoms with E-state index in [1.807, 2.05) is 62.6 Å². The molecule has 0 spiro atoms. The smallest absolute Gasteiger partial charge is 0.251 e. The van der Waals surface area contributed by atoms with Gasteiger partial charge in [0, 0.05) is 10.6 Å². The lowest BCUT2D eigenvalue weighted by Gasteiger charge is -2.21. The number of carbonyl (C=O) groups excluding carboxylic acids is 1. The third kappa shape index (κ3) is 5.93. The van der Waals surface area contributed by atoms with E-state index in [4.69, 9.17) is 11.6 Å². The molecule has 0 saturated heterocycles. The summed E-state index contributed by atoms with van der Waals surface area (Å²) in [5.41, 5.74) is 5.13. The number of aryl methyl sites for hydroxylation is 1. The molecule has 4 heteroatoms. The number of nitrogens with zero attached hydrogens (tertiary/aromatic N) is 1. The molecule has 0 aromatic heterocycles. The van der Waals surface area contributed by atoms with Gasteiger partial charge in [0.15, 0.2) is 0 Å². The minimum absolute atomic E-state index is 0.0264. The molecule has 0 aliphatic heterocycles. The van der Waals surface area contributed by atoms with Crippen molar-refractivity contribution >= 4 is 17.5 Å². The van der Waals surface area contributed by atoms with Crippen molar-refractivity contribution in [2.45, 2.75) is 19.4 Å². The van der Waals surface area contributed by atoms with Gasteiger partial charge >= 0.3 is 0 Å². The molecule has 0 radical (unpaired) electrons. The molecule has 3 aromatic carbocycles. The van der Waals surface area contributed by atoms with Gasteiger partial charge in [-0.05, 0) is 74.9 Å². The van der Waals surface area contributed by atoms with Crippen LogP contribution in [0.1, 0.15) is 33.9 Å². The Morgan fingerprint density at radius 1 is 0.897 bits per heavy atom. The number of halogens is 1. The van der Waals surface area contributed by atoms with Gasteiger partial charge in [0.2, 0.25) is 0 Å². The molecule has 0 aliphatic carbocycles. The van der Waals surface area contributed by atoms with Crippen LogP contribution in [0.4, 0.5) is 0 Å². The average Bonchev–Trinajstić information content (AvgIpc) is 2.72. The van der Waals surface area contributed by atoms with Gasteiger partial charge in [-0.2, -0.15) is 0 Å². The van der Waals surface area contributed by atoms with Gasteiger partial charge < -0.3 is 10.2 Å². The Morgan fingerprint density at radius 3 is 2.00 bits per heavy atom. The van der Waals surface area contributed by atoms with E-state index in [0.29, 0.717) is 10.6 Å². The van der Waals surface area contributed by atoms with Gasteiger partial charge in [-0.15, -0.1) is 0 Å². The molecule has 3 rings (SSSR count). The summed E-state index contributed by atoms with van der Waals surface area (Å²) in [7, 11) is 4.09. The van der Waals surface area contributed by atoms with Gasteiger partial charge in [-0.3, -0.25) is 4.79 Å². The second-order valence-electron chi connectivity index (χ2n) is 7.61. The quantitative estimate of drug-likeness (QED) is 0.542. The molecule has 150 valence electrons. The van der Waals surface area contributed by atoms with Crippen LogP contribution in [0.15, 0.2) is 72.8 Å². The molecule has 0 fully saturated rings. The third-order valence-corrected chi connectivity index (χ3v) is 5.23. The number of benzene rings is 3. The van der Waals surface area contributed by atoms with Crippen molar-refractivity contribution in [3.8, 4) is 11.1 Å². The number of nitrogens with one attached hydrogen (secondary N) is 1. The highest BCUT2D eigenvalue weighted by Crippen LogP contribution is 2.23. The van der Waals surface area contributed by atoms with Crippen LogP contribution >= 0.6 is 11.6 Å². The van der Waals surface area contributed by atoms with Crippen molar-refractivity contribution in [2.24, 2.45) is 0 Å². The molecule has 3 aromatic rings. The first-order valence-corrected chi connectivity index (χ1v) is 10.2. The van der Waals surface area contributed by atoms with Crippen molar-refractivity contribution < 1.29 is 4.79 Å². The van der Waals surface area contributed by atoms with Crippen molar-refractivity contribution in [3.63, 3.8) is 0 Å². The number of hydrogen-bond acceptors (Lipinski definition) is 2. The molecule has 1 N–H and O–H groups in total. The zero-order valence-electron chi connectivity index (χ0n) is 17.2. The van der Waals surface area contributed by atoms with Gasteiger partial charge in [0.05, 0.1) is 6.04 Å². The molecule has 1 atom stereocenters. The van der Waals surface area contributed by atoms with E-state index in [1.54, 1.807) is 0 Å². The zero-order valence-corrected chi connectivity index (χ0v) is 17.9. The fourth-order valence-electron chi connectivity index (χ4n) is 3.21. The van der Waals surface area contributed by atoms with Crippen molar-refractivity contribution in [1.82, 2.24) is 10.2 Å². The minimum atomic E-state index is -0.0583. The highest BCUT2D eigenvalue weighted by Gasteiger charge is 2.16. The molecule has 0 aliphatic rings. The molecular weight excluding hydrogens is 380 g/mol. The zero-order chi connectivity index (χ0) is 20.8. The molecule has 3 nitrogen and oxygen atoms in total. The monoisotopic (exact) mass is 406 g/mol. The van der Waals surface area contributed by atoms with Gasteiger partial charge in [0.25, 0.3) is 5.91 Å². The number of rotatable bonds is 7. The van der Waals surface area contributed by atoms with Crippen molar-refractivity contribution in [1.29, 1.82) is 0 Å². The average molecular weight is 407 g/mol. The maximum Gasteiger partial charge on any atom is 0.251 e. The SMILES string of the molecule is Cc1ccc([C@H](CCN(C)C)NC(=O)c2ccc(-c3ccc(Cl)cc3)cc2)cc1. The van der Waals surface area contributed by atoms with Crippen LogP contribution in [0.5, 0.6) is 0 Å². The lowest BCUT2D eigenvalue weighted by atomic mass is 10.0. The molecule has 0 unspecified atom stereocenters. The Hall–Kier alpha value is -2.62. The highest BCUT2D eigenvalue weighted by molar-refractivity contribution is 6.30. The Morgan fingerprint density at radius 2 is 1.45 bits per heavy atom. The maximum absolute atomic E-state index is 12.9. The molecule has 0 bridgehead atoms. The van der Waals surface area contributed by atoms with Crippen LogP contribution < -0.4 is 5.32 Å². The summed E-state index contributed by atoms with van der Waals surface area (Å²) in [5, 5.41) is 3.92. The minimum Gasteiger partial charge on any atom is -0.345 e. The fourth-order valence-corrected chi connectivity index (χ4v) is 3.33. The topological polar surface area (TPSA) is 32.3 Å². The third-order valence-electron chi connectivity index (χ3n) is 4.97. The van der Waals surface area contributed by atoms with E-state index in [1.165, 1.54) is 5.56 Å². The van der Waals surface area contributed by atoms with Crippen LogP contribution in [-0.2, 0) is 0 Å². The van der Waals surface area contributed by atoms with E-state index in [-0.39, 0.29) is 11.9 Å². The fraction of sp³-hybridized carbons (Fsp3) is 0.240. The summed E-state index contributed by atoms with van der Waals surface area (Å²) >= 11 is 5.96. The largest absolute Gasteiger partial charge is 0.345 e. The van der Waals surface area contributed by atoms with Gasteiger partial charge in [-0.25, -0.2) is 0 Å². The van der Waals surface area contributed by atoms with Crippen LogP contribution in [0.2, 0.25) is 5.02 Å². The van der Waals surface area contributed by atoms with Crippen molar-refractivity contribution in [2.75, 3.05) is 20.6 Å². The normalized spacial score (nSPS) is 12.0. The van der Waals surface area contributed by atoms with Gasteiger partial charge in [0.1, 0.15) is 0 Å². The summed E-state index contributed by atoms with van der Waals surface area (Å²) in [6, 6.07) is 23.7. The molecule has 1 amide bonds. The first-order chi connectivity index (χ1) is 13.9. The number of amides is 1. The second-order valence-corrected chi connectivity index (χ2v) is 8.05. The highest BCUT2D eigenvalue weighted by atomic mass is 35.5. The van der Waals surface area contributed by atoms with E-state index in [9.17, 15) is 4.79 Å². The summed E-state index contributed by atoms with van der Waals surface area (Å²) in [6.07, 6.45) is 0.852. The van der Waals surface area contributed by atoms with E-state index >= 15 is 0 Å². The molecule has 0 saturated carbocycles. The molecule has 29 heavy (non-hydrogen) atoms. The summed E-state index contributed by atoms with van der Waals surface area (Å²) in [5.74, 6) is -0.0583. The van der Waals surface area contributed by atoms with E-state index in [0.717, 1.165) is 29.7 Å². The standard InChI is InChI=1S/C25H27ClN2O/c1-18-4-6-21(7-5-18)24(16-17-28(2)3)27-25(29)22-10-8-19(9-11-22)20-12-14-23(26)15-13-20/h4-15,24H,16-17H2,1-3H3,(H,27,29)/t24-/m0/s1.